The van der Waals surface area contributed by atoms with Crippen molar-refractivity contribution in [1.82, 2.24) is 19.4 Å². The van der Waals surface area contributed by atoms with Gasteiger partial charge in [0.05, 0.1) is 11.4 Å². The van der Waals surface area contributed by atoms with Crippen molar-refractivity contribution in [1.29, 1.82) is 0 Å². The normalized spacial score (nSPS) is 15.8. The number of hydrogen-bond acceptors (Lipinski definition) is 5. The zero-order valence-electron chi connectivity index (χ0n) is 16.1. The minimum atomic E-state index is -3.58. The minimum Gasteiger partial charge on any atom is -0.355 e. The number of sulfonamides is 1. The fraction of sp³-hybridized carbons (Fsp3) is 0.556. The van der Waals surface area contributed by atoms with E-state index in [1.54, 1.807) is 17.0 Å². The third kappa shape index (κ3) is 5.50. The molecule has 150 valence electrons. The van der Waals surface area contributed by atoms with Crippen molar-refractivity contribution < 1.29 is 18.0 Å². The standard InChI is InChI=1S/C18H28N4O4S/c1-4-8-19-17(23)14-21-9-11-22(12-10-21)18(24)15-6-5-7-16(13-15)27(25,26)20(2)3/h5-7,13H,4,8-12,14H2,1-3H3,(H,19,23). The van der Waals surface area contributed by atoms with Crippen LogP contribution >= 0.6 is 0 Å². The van der Waals surface area contributed by atoms with Crippen molar-refractivity contribution in [3.8, 4) is 0 Å². The highest BCUT2D eigenvalue weighted by molar-refractivity contribution is 7.89. The van der Waals surface area contributed by atoms with E-state index in [2.05, 4.69) is 5.32 Å². The Labute approximate surface area is 161 Å². The molecular weight excluding hydrogens is 368 g/mol. The number of carbonyl (C=O) groups excluding carboxylic acids is 2. The Morgan fingerprint density at radius 2 is 1.81 bits per heavy atom. The van der Waals surface area contributed by atoms with Crippen molar-refractivity contribution >= 4 is 21.8 Å². The quantitative estimate of drug-likeness (QED) is 0.712. The molecule has 2 rings (SSSR count). The summed E-state index contributed by atoms with van der Waals surface area (Å²) in [6.07, 6.45) is 0.899. The third-order valence-electron chi connectivity index (χ3n) is 4.46. The molecule has 0 aromatic heterocycles. The summed E-state index contributed by atoms with van der Waals surface area (Å²) < 4.78 is 25.6. The maximum Gasteiger partial charge on any atom is 0.253 e. The van der Waals surface area contributed by atoms with Crippen LogP contribution in [0.4, 0.5) is 0 Å². The van der Waals surface area contributed by atoms with Gasteiger partial charge in [0.25, 0.3) is 5.91 Å². The highest BCUT2D eigenvalue weighted by Gasteiger charge is 2.25. The van der Waals surface area contributed by atoms with E-state index in [4.69, 9.17) is 0 Å². The first kappa shape index (κ1) is 21.3. The van der Waals surface area contributed by atoms with Gasteiger partial charge in [0.1, 0.15) is 0 Å². The Morgan fingerprint density at radius 1 is 1.15 bits per heavy atom. The molecule has 1 heterocycles. The van der Waals surface area contributed by atoms with Crippen molar-refractivity contribution in [2.24, 2.45) is 0 Å². The molecule has 0 bridgehead atoms. The summed E-state index contributed by atoms with van der Waals surface area (Å²) in [5, 5.41) is 2.85. The van der Waals surface area contributed by atoms with Crippen LogP contribution in [0.2, 0.25) is 0 Å². The monoisotopic (exact) mass is 396 g/mol. The smallest absolute Gasteiger partial charge is 0.253 e. The van der Waals surface area contributed by atoms with Crippen molar-refractivity contribution in [3.05, 3.63) is 29.8 Å². The molecule has 1 aromatic carbocycles. The van der Waals surface area contributed by atoms with Crippen LogP contribution in [0.15, 0.2) is 29.2 Å². The van der Waals surface area contributed by atoms with Crippen LogP contribution in [-0.4, -0.2) is 87.7 Å². The average molecular weight is 397 g/mol. The number of benzene rings is 1. The van der Waals surface area contributed by atoms with Crippen LogP contribution < -0.4 is 5.32 Å². The van der Waals surface area contributed by atoms with Gasteiger partial charge in [-0.25, -0.2) is 12.7 Å². The Bertz CT molecular complexity index is 771. The highest BCUT2D eigenvalue weighted by atomic mass is 32.2. The first-order valence-electron chi connectivity index (χ1n) is 9.06. The van der Waals surface area contributed by atoms with Crippen LogP contribution in [0.25, 0.3) is 0 Å². The summed E-state index contributed by atoms with van der Waals surface area (Å²) in [5.41, 5.74) is 0.354. The lowest BCUT2D eigenvalue weighted by molar-refractivity contribution is -0.122. The van der Waals surface area contributed by atoms with E-state index in [1.165, 1.54) is 26.2 Å². The second-order valence-corrected chi connectivity index (χ2v) is 8.89. The predicted molar refractivity (Wildman–Crippen MR) is 103 cm³/mol. The van der Waals surface area contributed by atoms with Gasteiger partial charge in [0.2, 0.25) is 15.9 Å². The molecule has 0 saturated carbocycles. The summed E-state index contributed by atoms with van der Waals surface area (Å²) >= 11 is 0. The number of nitrogens with zero attached hydrogens (tertiary/aromatic N) is 3. The lowest BCUT2D eigenvalue weighted by Gasteiger charge is -2.34. The lowest BCUT2D eigenvalue weighted by atomic mass is 10.2. The van der Waals surface area contributed by atoms with E-state index in [9.17, 15) is 18.0 Å². The molecule has 9 heteroatoms. The van der Waals surface area contributed by atoms with Crippen LogP contribution in [0.5, 0.6) is 0 Å². The molecule has 1 aromatic rings. The van der Waals surface area contributed by atoms with Gasteiger partial charge in [0, 0.05) is 52.4 Å². The molecule has 0 atom stereocenters. The summed E-state index contributed by atoms with van der Waals surface area (Å²) in [5.74, 6) is -0.195. The molecule has 1 fully saturated rings. The first-order valence-corrected chi connectivity index (χ1v) is 10.5. The van der Waals surface area contributed by atoms with Gasteiger partial charge in [-0.15, -0.1) is 0 Å². The van der Waals surface area contributed by atoms with Gasteiger partial charge in [0.15, 0.2) is 0 Å². The molecule has 8 nitrogen and oxygen atoms in total. The lowest BCUT2D eigenvalue weighted by Crippen LogP contribution is -2.51. The van der Waals surface area contributed by atoms with Crippen molar-refractivity contribution in [2.75, 3.05) is 53.4 Å². The Hall–Kier alpha value is -1.97. The largest absolute Gasteiger partial charge is 0.355 e. The second-order valence-electron chi connectivity index (χ2n) is 6.73. The topological polar surface area (TPSA) is 90.0 Å². The molecule has 27 heavy (non-hydrogen) atoms. The first-order chi connectivity index (χ1) is 12.8. The maximum atomic E-state index is 12.7. The average Bonchev–Trinajstić information content (AvgIpc) is 2.66. The number of rotatable bonds is 7. The zero-order valence-corrected chi connectivity index (χ0v) is 17.0. The summed E-state index contributed by atoms with van der Waals surface area (Å²) in [6, 6.07) is 6.11. The van der Waals surface area contributed by atoms with E-state index >= 15 is 0 Å². The molecule has 1 aliphatic rings. The molecule has 1 saturated heterocycles. The van der Waals surface area contributed by atoms with Gasteiger partial charge in [-0.1, -0.05) is 13.0 Å². The number of piperazine rings is 1. The number of amides is 2. The molecule has 1 aliphatic heterocycles. The molecular formula is C18H28N4O4S. The van der Waals surface area contributed by atoms with Crippen molar-refractivity contribution in [2.45, 2.75) is 18.2 Å². The molecule has 1 N–H and O–H groups in total. The summed E-state index contributed by atoms with van der Waals surface area (Å²) in [6.45, 7) is 5.24. The van der Waals surface area contributed by atoms with Gasteiger partial charge in [-0.05, 0) is 24.6 Å². The number of carbonyl (C=O) groups is 2. The highest BCUT2D eigenvalue weighted by Crippen LogP contribution is 2.17. The van der Waals surface area contributed by atoms with Gasteiger partial charge >= 0.3 is 0 Å². The fourth-order valence-corrected chi connectivity index (χ4v) is 3.76. The SMILES string of the molecule is CCCNC(=O)CN1CCN(C(=O)c2cccc(S(=O)(=O)N(C)C)c2)CC1. The minimum absolute atomic E-state index is 0.00165. The van der Waals surface area contributed by atoms with Gasteiger partial charge in [-0.2, -0.15) is 0 Å². The zero-order chi connectivity index (χ0) is 20.0. The second kappa shape index (κ2) is 9.29. The Kier molecular flexibility index (Phi) is 7.34. The van der Waals surface area contributed by atoms with Crippen LogP contribution in [0.3, 0.4) is 0 Å². The van der Waals surface area contributed by atoms with E-state index in [0.29, 0.717) is 44.8 Å². The number of hydrogen-bond donors (Lipinski definition) is 1. The Balaban J connectivity index is 1.97. The van der Waals surface area contributed by atoms with E-state index in [1.807, 2.05) is 11.8 Å². The molecule has 2 amide bonds. The van der Waals surface area contributed by atoms with Crippen LogP contribution in [0, 0.1) is 0 Å². The molecule has 0 radical (unpaired) electrons. The molecule has 0 aliphatic carbocycles. The van der Waals surface area contributed by atoms with E-state index < -0.39 is 10.0 Å². The van der Waals surface area contributed by atoms with E-state index in [0.717, 1.165) is 10.7 Å². The summed E-state index contributed by atoms with van der Waals surface area (Å²) in [4.78, 5) is 28.4. The van der Waals surface area contributed by atoms with Crippen molar-refractivity contribution in [3.63, 3.8) is 0 Å². The Morgan fingerprint density at radius 3 is 2.41 bits per heavy atom. The van der Waals surface area contributed by atoms with E-state index in [-0.39, 0.29) is 16.7 Å². The molecule has 0 spiro atoms. The fourth-order valence-electron chi connectivity index (χ4n) is 2.82. The summed E-state index contributed by atoms with van der Waals surface area (Å²) in [7, 11) is -0.668. The number of nitrogens with one attached hydrogen (secondary N) is 1. The maximum absolute atomic E-state index is 12.7. The molecule has 0 unspecified atom stereocenters. The predicted octanol–water partition coefficient (Wildman–Crippen LogP) is 0.221. The third-order valence-corrected chi connectivity index (χ3v) is 6.27. The van der Waals surface area contributed by atoms with Gasteiger partial charge < -0.3 is 10.2 Å². The van der Waals surface area contributed by atoms with Gasteiger partial charge in [-0.3, -0.25) is 14.5 Å². The van der Waals surface area contributed by atoms with Crippen LogP contribution in [0.1, 0.15) is 23.7 Å². The van der Waals surface area contributed by atoms with Crippen LogP contribution in [-0.2, 0) is 14.8 Å².